The normalized spacial score (nSPS) is 15.3. The third kappa shape index (κ3) is 4.43. The summed E-state index contributed by atoms with van der Waals surface area (Å²) in [6, 6.07) is 5.89. The fourth-order valence-corrected chi connectivity index (χ4v) is 4.07. The van der Waals surface area contributed by atoms with Gasteiger partial charge in [-0.05, 0) is 44.4 Å². The fourth-order valence-electron chi connectivity index (χ4n) is 4.07. The molecule has 1 aromatic carbocycles. The van der Waals surface area contributed by atoms with Crippen molar-refractivity contribution in [2.45, 2.75) is 65.0 Å². The van der Waals surface area contributed by atoms with Crippen LogP contribution in [-0.2, 0) is 11.3 Å². The largest absolute Gasteiger partial charge is 0.380 e. The lowest BCUT2D eigenvalue weighted by Gasteiger charge is -2.34. The van der Waals surface area contributed by atoms with E-state index >= 15 is 0 Å². The SMILES string of the molecule is CCCN(C(=O)c1ccc2c(c1)[nH]c(=O)n2CCOCC)C1CCCCC1. The number of aromatic amines is 1. The number of carbonyl (C=O) groups is 1. The third-order valence-electron chi connectivity index (χ3n) is 5.43. The molecule has 1 aliphatic rings. The lowest BCUT2D eigenvalue weighted by molar-refractivity contribution is 0.0634. The van der Waals surface area contributed by atoms with Gasteiger partial charge in [-0.1, -0.05) is 26.2 Å². The van der Waals surface area contributed by atoms with Crippen molar-refractivity contribution in [3.63, 3.8) is 0 Å². The van der Waals surface area contributed by atoms with Gasteiger partial charge in [-0.25, -0.2) is 4.79 Å². The molecule has 1 aromatic heterocycles. The van der Waals surface area contributed by atoms with Crippen LogP contribution in [0.3, 0.4) is 0 Å². The van der Waals surface area contributed by atoms with Crippen LogP contribution in [0.4, 0.5) is 0 Å². The Bertz CT molecular complexity index is 818. The number of benzene rings is 1. The number of amides is 1. The van der Waals surface area contributed by atoms with E-state index in [0.29, 0.717) is 36.9 Å². The Hall–Kier alpha value is -2.08. The Kier molecular flexibility index (Phi) is 6.72. The zero-order chi connectivity index (χ0) is 19.2. The molecule has 0 unspecified atom stereocenters. The van der Waals surface area contributed by atoms with Gasteiger partial charge in [0.2, 0.25) is 0 Å². The number of imidazole rings is 1. The maximum absolute atomic E-state index is 13.2. The van der Waals surface area contributed by atoms with E-state index < -0.39 is 0 Å². The van der Waals surface area contributed by atoms with Gasteiger partial charge in [0.25, 0.3) is 5.91 Å². The summed E-state index contributed by atoms with van der Waals surface area (Å²) in [6.45, 7) is 6.46. The van der Waals surface area contributed by atoms with E-state index in [4.69, 9.17) is 4.74 Å². The minimum Gasteiger partial charge on any atom is -0.380 e. The van der Waals surface area contributed by atoms with Crippen LogP contribution in [0, 0.1) is 0 Å². The summed E-state index contributed by atoms with van der Waals surface area (Å²) in [5.41, 5.74) is 2.02. The van der Waals surface area contributed by atoms with Crippen molar-refractivity contribution in [2.24, 2.45) is 0 Å². The maximum Gasteiger partial charge on any atom is 0.326 e. The van der Waals surface area contributed by atoms with E-state index in [1.54, 1.807) is 4.57 Å². The van der Waals surface area contributed by atoms with Crippen LogP contribution in [0.5, 0.6) is 0 Å². The number of hydrogen-bond acceptors (Lipinski definition) is 3. The van der Waals surface area contributed by atoms with Crippen molar-refractivity contribution in [1.82, 2.24) is 14.5 Å². The third-order valence-corrected chi connectivity index (χ3v) is 5.43. The maximum atomic E-state index is 13.2. The lowest BCUT2D eigenvalue weighted by atomic mass is 9.93. The molecule has 1 N–H and O–H groups in total. The second-order valence-corrected chi connectivity index (χ2v) is 7.30. The average Bonchev–Trinajstić information content (AvgIpc) is 3.01. The first-order valence-electron chi connectivity index (χ1n) is 10.3. The predicted octanol–water partition coefficient (Wildman–Crippen LogP) is 3.55. The quantitative estimate of drug-likeness (QED) is 0.720. The molecule has 1 saturated carbocycles. The zero-order valence-corrected chi connectivity index (χ0v) is 16.5. The van der Waals surface area contributed by atoms with Gasteiger partial charge in [0.05, 0.1) is 24.2 Å². The van der Waals surface area contributed by atoms with Crippen molar-refractivity contribution in [2.75, 3.05) is 19.8 Å². The number of nitrogens with one attached hydrogen (secondary N) is 1. The summed E-state index contributed by atoms with van der Waals surface area (Å²) in [5, 5.41) is 0. The number of carbonyl (C=O) groups excluding carboxylic acids is 1. The molecule has 0 spiro atoms. The minimum atomic E-state index is -0.160. The highest BCUT2D eigenvalue weighted by atomic mass is 16.5. The summed E-state index contributed by atoms with van der Waals surface area (Å²) in [7, 11) is 0. The number of aromatic nitrogens is 2. The van der Waals surface area contributed by atoms with E-state index in [1.165, 1.54) is 19.3 Å². The molecule has 6 nitrogen and oxygen atoms in total. The molecule has 1 heterocycles. The number of nitrogens with zero attached hydrogens (tertiary/aromatic N) is 2. The van der Waals surface area contributed by atoms with Gasteiger partial charge in [0, 0.05) is 24.8 Å². The number of hydrogen-bond donors (Lipinski definition) is 1. The summed E-state index contributed by atoms with van der Waals surface area (Å²) >= 11 is 0. The van der Waals surface area contributed by atoms with Crippen molar-refractivity contribution in [3.8, 4) is 0 Å². The Balaban J connectivity index is 1.84. The highest BCUT2D eigenvalue weighted by Gasteiger charge is 2.26. The van der Waals surface area contributed by atoms with Gasteiger partial charge in [0.15, 0.2) is 0 Å². The summed E-state index contributed by atoms with van der Waals surface area (Å²) in [4.78, 5) is 30.4. The first kappa shape index (κ1) is 19.7. The first-order valence-corrected chi connectivity index (χ1v) is 10.3. The molecule has 6 heteroatoms. The number of fused-ring (bicyclic) bond motifs is 1. The van der Waals surface area contributed by atoms with Crippen molar-refractivity contribution >= 4 is 16.9 Å². The van der Waals surface area contributed by atoms with Gasteiger partial charge in [-0.2, -0.15) is 0 Å². The average molecular weight is 373 g/mol. The molecule has 0 aliphatic heterocycles. The second-order valence-electron chi connectivity index (χ2n) is 7.30. The van der Waals surface area contributed by atoms with Crippen LogP contribution in [0.1, 0.15) is 62.7 Å². The monoisotopic (exact) mass is 373 g/mol. The minimum absolute atomic E-state index is 0.0774. The number of H-pyrrole nitrogens is 1. The Morgan fingerprint density at radius 2 is 2.04 bits per heavy atom. The standard InChI is InChI=1S/C21H31N3O3/c1-3-12-23(17-8-6-5-7-9-17)20(25)16-10-11-19-18(15-16)22-21(26)24(19)13-14-27-4-2/h10-11,15,17H,3-9,12-14H2,1-2H3,(H,22,26). The van der Waals surface area contributed by atoms with Crippen LogP contribution < -0.4 is 5.69 Å². The van der Waals surface area contributed by atoms with Gasteiger partial charge >= 0.3 is 5.69 Å². The molecule has 2 aromatic rings. The van der Waals surface area contributed by atoms with Crippen molar-refractivity contribution in [3.05, 3.63) is 34.2 Å². The van der Waals surface area contributed by atoms with E-state index in [0.717, 1.165) is 31.3 Å². The summed E-state index contributed by atoms with van der Waals surface area (Å²) in [6.07, 6.45) is 6.82. The Labute approximate surface area is 160 Å². The molecule has 1 fully saturated rings. The van der Waals surface area contributed by atoms with Crippen LogP contribution in [0.2, 0.25) is 0 Å². The molecule has 148 valence electrons. The van der Waals surface area contributed by atoms with E-state index in [-0.39, 0.29) is 11.6 Å². The number of rotatable bonds is 8. The van der Waals surface area contributed by atoms with E-state index in [2.05, 4.69) is 11.9 Å². The fraction of sp³-hybridized carbons (Fsp3) is 0.619. The van der Waals surface area contributed by atoms with Crippen LogP contribution in [0.15, 0.2) is 23.0 Å². The predicted molar refractivity (Wildman–Crippen MR) is 107 cm³/mol. The lowest BCUT2D eigenvalue weighted by Crippen LogP contribution is -2.41. The topological polar surface area (TPSA) is 67.3 Å². The highest BCUT2D eigenvalue weighted by molar-refractivity contribution is 5.97. The van der Waals surface area contributed by atoms with Crippen LogP contribution >= 0.6 is 0 Å². The van der Waals surface area contributed by atoms with Gasteiger partial charge in [-0.15, -0.1) is 0 Å². The Morgan fingerprint density at radius 1 is 1.26 bits per heavy atom. The molecule has 0 saturated heterocycles. The van der Waals surface area contributed by atoms with E-state index in [1.807, 2.05) is 30.0 Å². The molecule has 0 radical (unpaired) electrons. The zero-order valence-electron chi connectivity index (χ0n) is 16.5. The molecular weight excluding hydrogens is 342 g/mol. The smallest absolute Gasteiger partial charge is 0.326 e. The van der Waals surface area contributed by atoms with Crippen LogP contribution in [0.25, 0.3) is 11.0 Å². The number of ether oxygens (including phenoxy) is 1. The molecule has 27 heavy (non-hydrogen) atoms. The van der Waals surface area contributed by atoms with Gasteiger partial charge in [-0.3, -0.25) is 9.36 Å². The molecule has 0 bridgehead atoms. The molecule has 1 amide bonds. The van der Waals surface area contributed by atoms with Crippen LogP contribution in [-0.4, -0.2) is 46.2 Å². The van der Waals surface area contributed by atoms with Crippen molar-refractivity contribution in [1.29, 1.82) is 0 Å². The van der Waals surface area contributed by atoms with Gasteiger partial charge < -0.3 is 14.6 Å². The molecule has 3 rings (SSSR count). The Morgan fingerprint density at radius 3 is 2.74 bits per heavy atom. The second kappa shape index (κ2) is 9.22. The molecule has 1 aliphatic carbocycles. The molecular formula is C21H31N3O3. The van der Waals surface area contributed by atoms with Gasteiger partial charge in [0.1, 0.15) is 0 Å². The summed E-state index contributed by atoms with van der Waals surface area (Å²) < 4.78 is 7.03. The molecule has 0 atom stereocenters. The van der Waals surface area contributed by atoms with E-state index in [9.17, 15) is 9.59 Å². The van der Waals surface area contributed by atoms with Crippen molar-refractivity contribution < 1.29 is 9.53 Å². The first-order chi connectivity index (χ1) is 13.2. The summed E-state index contributed by atoms with van der Waals surface area (Å²) in [5.74, 6) is 0.0774. The highest BCUT2D eigenvalue weighted by Crippen LogP contribution is 2.25.